The van der Waals surface area contributed by atoms with Crippen molar-refractivity contribution in [3.63, 3.8) is 0 Å². The molecule has 0 unspecified atom stereocenters. The van der Waals surface area contributed by atoms with Crippen molar-refractivity contribution < 1.29 is 30.3 Å². The van der Waals surface area contributed by atoms with Crippen LogP contribution in [0.3, 0.4) is 0 Å². The minimum atomic E-state index is -1.32. The number of aliphatic hydroxyl groups excluding tert-OH is 5. The first-order valence-electron chi connectivity index (χ1n) is 4.97. The Morgan fingerprint density at radius 2 is 1.56 bits per heavy atom. The van der Waals surface area contributed by atoms with Gasteiger partial charge in [0.05, 0.1) is 6.61 Å². The Hall–Kier alpha value is 0.110. The number of ether oxygens (including phenoxy) is 1. The monoisotopic (exact) mass is 256 g/mol. The summed E-state index contributed by atoms with van der Waals surface area (Å²) < 4.78 is 4.88. The molecule has 0 bridgehead atoms. The number of hydrogen-bond donors (Lipinski definition) is 6. The van der Waals surface area contributed by atoms with E-state index in [0.29, 0.717) is 0 Å². The number of hydrogen-bond acceptors (Lipinski definition) is 7. The summed E-state index contributed by atoms with van der Waals surface area (Å²) in [5.74, 6) is 0. The van der Waals surface area contributed by atoms with Crippen molar-refractivity contribution in [3.8, 4) is 0 Å². The van der Waals surface area contributed by atoms with E-state index < -0.39 is 36.5 Å². The second kappa shape index (κ2) is 7.44. The Morgan fingerprint density at radius 3 is 1.94 bits per heavy atom. The van der Waals surface area contributed by atoms with E-state index in [2.05, 4.69) is 12.6 Å². The minimum absolute atomic E-state index is 0.167. The van der Waals surface area contributed by atoms with Gasteiger partial charge in [0, 0.05) is 6.10 Å². The fraction of sp³-hybridized carbons (Fsp3) is 1.00. The van der Waals surface area contributed by atoms with Crippen LogP contribution in [-0.4, -0.2) is 68.1 Å². The summed E-state index contributed by atoms with van der Waals surface area (Å²) >= 11 is 3.81. The predicted molar refractivity (Wildman–Crippen MR) is 60.1 cm³/mol. The fourth-order valence-corrected chi connectivity index (χ4v) is 1.41. The van der Waals surface area contributed by atoms with Crippen LogP contribution in [0.15, 0.2) is 0 Å². The molecule has 5 N–H and O–H groups in total. The smallest absolute Gasteiger partial charge is 0.129 e. The molecule has 0 aromatic rings. The van der Waals surface area contributed by atoms with E-state index in [1.807, 2.05) is 0 Å². The Bertz CT molecular complexity index is 183. The Balaban J connectivity index is 0.000000487. The highest BCUT2D eigenvalue weighted by molar-refractivity contribution is 7.80. The van der Waals surface area contributed by atoms with Crippen LogP contribution in [0.25, 0.3) is 0 Å². The maximum Gasteiger partial charge on any atom is 0.129 e. The Kier molecular flexibility index (Phi) is 7.49. The molecule has 0 aromatic heterocycles. The third-order valence-corrected chi connectivity index (χ3v) is 2.29. The lowest BCUT2D eigenvalue weighted by molar-refractivity contribution is -0.205. The molecule has 0 radical (unpaired) electrons. The van der Waals surface area contributed by atoms with Crippen LogP contribution in [0.1, 0.15) is 13.8 Å². The second-order valence-corrected chi connectivity index (χ2v) is 4.32. The quantitative estimate of drug-likeness (QED) is 0.306. The summed E-state index contributed by atoms with van der Waals surface area (Å²) in [6, 6.07) is 0. The zero-order valence-corrected chi connectivity index (χ0v) is 10.2. The van der Waals surface area contributed by atoms with Crippen molar-refractivity contribution >= 4 is 12.6 Å². The van der Waals surface area contributed by atoms with Gasteiger partial charge in [0.2, 0.25) is 0 Å². The summed E-state index contributed by atoms with van der Waals surface area (Å²) in [7, 11) is 0. The third-order valence-electron chi connectivity index (χ3n) is 1.87. The Labute approximate surface area is 99.9 Å². The lowest BCUT2D eigenvalue weighted by Crippen LogP contribution is -2.56. The summed E-state index contributed by atoms with van der Waals surface area (Å²) in [5.41, 5.74) is -0.874. The van der Waals surface area contributed by atoms with Crippen LogP contribution >= 0.6 is 12.6 Å². The lowest BCUT2D eigenvalue weighted by Gasteiger charge is -2.37. The van der Waals surface area contributed by atoms with Crippen molar-refractivity contribution in [2.75, 3.05) is 6.61 Å². The molecule has 98 valence electrons. The van der Waals surface area contributed by atoms with Crippen LogP contribution in [0.5, 0.6) is 0 Å². The molecule has 5 atom stereocenters. The van der Waals surface area contributed by atoms with Gasteiger partial charge < -0.3 is 30.3 Å². The van der Waals surface area contributed by atoms with Gasteiger partial charge in [-0.1, -0.05) is 0 Å². The Morgan fingerprint density at radius 1 is 1.12 bits per heavy atom. The SMILES string of the molecule is CC(C)O.OC[C@H]1O[C@@H](S)[C@H](O)[C@@H](O)[C@H]1O. The minimum Gasteiger partial charge on any atom is -0.394 e. The molecule has 16 heavy (non-hydrogen) atoms. The highest BCUT2D eigenvalue weighted by Gasteiger charge is 2.41. The van der Waals surface area contributed by atoms with E-state index >= 15 is 0 Å². The van der Waals surface area contributed by atoms with Crippen LogP contribution in [0, 0.1) is 0 Å². The average molecular weight is 256 g/mol. The van der Waals surface area contributed by atoms with Gasteiger partial charge in [-0.3, -0.25) is 0 Å². The highest BCUT2D eigenvalue weighted by Crippen LogP contribution is 2.22. The van der Waals surface area contributed by atoms with Crippen LogP contribution < -0.4 is 0 Å². The first kappa shape index (κ1) is 16.1. The van der Waals surface area contributed by atoms with Gasteiger partial charge in [-0.15, -0.1) is 12.6 Å². The van der Waals surface area contributed by atoms with E-state index in [9.17, 15) is 10.2 Å². The summed E-state index contributed by atoms with van der Waals surface area (Å²) in [6.45, 7) is 3.03. The number of aliphatic hydroxyl groups is 5. The van der Waals surface area contributed by atoms with Gasteiger partial charge in [-0.05, 0) is 13.8 Å². The van der Waals surface area contributed by atoms with Crippen LogP contribution in [0.4, 0.5) is 0 Å². The van der Waals surface area contributed by atoms with Gasteiger partial charge in [0.25, 0.3) is 0 Å². The molecular formula is C9H20O6S. The van der Waals surface area contributed by atoms with E-state index in [1.54, 1.807) is 13.8 Å². The molecule has 0 aliphatic carbocycles. The maximum absolute atomic E-state index is 9.20. The highest BCUT2D eigenvalue weighted by atomic mass is 32.1. The maximum atomic E-state index is 9.20. The molecular weight excluding hydrogens is 236 g/mol. The molecule has 0 aromatic carbocycles. The third kappa shape index (κ3) is 4.96. The number of thiol groups is 1. The molecule has 0 amide bonds. The molecule has 0 saturated carbocycles. The average Bonchev–Trinajstić information content (AvgIpc) is 2.19. The normalized spacial score (nSPS) is 39.2. The molecule has 1 fully saturated rings. The zero-order valence-electron chi connectivity index (χ0n) is 9.26. The topological polar surface area (TPSA) is 110 Å². The van der Waals surface area contributed by atoms with Gasteiger partial charge >= 0.3 is 0 Å². The molecule has 6 nitrogen and oxygen atoms in total. The van der Waals surface area contributed by atoms with Crippen molar-refractivity contribution in [2.24, 2.45) is 0 Å². The molecule has 0 spiro atoms. The molecule has 1 heterocycles. The van der Waals surface area contributed by atoms with E-state index in [1.165, 1.54) is 0 Å². The molecule has 7 heteroatoms. The second-order valence-electron chi connectivity index (χ2n) is 3.81. The van der Waals surface area contributed by atoms with Gasteiger partial charge in [-0.25, -0.2) is 0 Å². The molecule has 1 aliphatic rings. The predicted octanol–water partition coefficient (Wildman–Crippen LogP) is -1.90. The van der Waals surface area contributed by atoms with Crippen molar-refractivity contribution in [1.82, 2.24) is 0 Å². The number of rotatable bonds is 1. The van der Waals surface area contributed by atoms with Crippen LogP contribution in [0.2, 0.25) is 0 Å². The summed E-state index contributed by atoms with van der Waals surface area (Å²) in [6.07, 6.45) is -4.87. The first-order valence-corrected chi connectivity index (χ1v) is 5.49. The first-order chi connectivity index (χ1) is 7.31. The molecule has 1 saturated heterocycles. The summed E-state index contributed by atoms with van der Waals surface area (Å²) in [5, 5.41) is 44.2. The van der Waals surface area contributed by atoms with Gasteiger partial charge in [-0.2, -0.15) is 0 Å². The van der Waals surface area contributed by atoms with Crippen molar-refractivity contribution in [3.05, 3.63) is 0 Å². The summed E-state index contributed by atoms with van der Waals surface area (Å²) in [4.78, 5) is 0. The van der Waals surface area contributed by atoms with E-state index in [4.69, 9.17) is 20.1 Å². The van der Waals surface area contributed by atoms with E-state index in [0.717, 1.165) is 0 Å². The lowest BCUT2D eigenvalue weighted by atomic mass is 10.0. The van der Waals surface area contributed by atoms with Gasteiger partial charge in [0.1, 0.15) is 29.9 Å². The largest absolute Gasteiger partial charge is 0.394 e. The standard InChI is InChI=1S/C6H12O5S.C3H8O/c7-1-2-3(8)4(9)5(10)6(12)11-2;1-3(2)4/h2-10,12H,1H2;3-4H,1-2H3/t2-,3+,4+,5-,6+;/m1./s1. The molecule has 1 aliphatic heterocycles. The van der Waals surface area contributed by atoms with Crippen molar-refractivity contribution in [1.29, 1.82) is 0 Å². The van der Waals surface area contributed by atoms with E-state index in [-0.39, 0.29) is 6.10 Å². The fourth-order valence-electron chi connectivity index (χ4n) is 1.08. The molecule has 1 rings (SSSR count). The van der Waals surface area contributed by atoms with Gasteiger partial charge in [0.15, 0.2) is 0 Å². The van der Waals surface area contributed by atoms with Crippen LogP contribution in [-0.2, 0) is 4.74 Å². The zero-order chi connectivity index (χ0) is 12.9. The van der Waals surface area contributed by atoms with Crippen molar-refractivity contribution in [2.45, 2.75) is 49.8 Å².